The van der Waals surface area contributed by atoms with E-state index in [1.165, 1.54) is 19.2 Å². The van der Waals surface area contributed by atoms with Gasteiger partial charge in [-0.25, -0.2) is 9.59 Å². The number of imide groups is 1. The highest BCUT2D eigenvalue weighted by Crippen LogP contribution is 2.29. The van der Waals surface area contributed by atoms with Crippen molar-refractivity contribution in [1.29, 1.82) is 0 Å². The van der Waals surface area contributed by atoms with Crippen molar-refractivity contribution in [3.63, 3.8) is 0 Å². The predicted octanol–water partition coefficient (Wildman–Crippen LogP) is 1.71. The van der Waals surface area contributed by atoms with Crippen LogP contribution in [0.1, 0.15) is 31.1 Å². The van der Waals surface area contributed by atoms with Crippen LogP contribution in [0, 0.1) is 0 Å². The van der Waals surface area contributed by atoms with E-state index in [0.29, 0.717) is 0 Å². The number of benzene rings is 1. The van der Waals surface area contributed by atoms with Crippen LogP contribution in [0.15, 0.2) is 12.1 Å². The van der Waals surface area contributed by atoms with Crippen LogP contribution in [0.5, 0.6) is 5.75 Å². The van der Waals surface area contributed by atoms with Crippen molar-refractivity contribution in [2.45, 2.75) is 26.3 Å². The fourth-order valence-corrected chi connectivity index (χ4v) is 1.80. The molecule has 0 heterocycles. The Hall–Kier alpha value is -2.48. The highest BCUT2D eigenvalue weighted by Gasteiger charge is 2.19. The molecule has 0 aliphatic heterocycles. The minimum Gasteiger partial charge on any atom is -0.496 e. The Labute approximate surface area is 144 Å². The van der Waals surface area contributed by atoms with Gasteiger partial charge in [-0.3, -0.25) is 10.1 Å². The van der Waals surface area contributed by atoms with Gasteiger partial charge < -0.3 is 20.5 Å². The summed E-state index contributed by atoms with van der Waals surface area (Å²) < 4.78 is 9.87. The molecule has 1 aromatic rings. The molecule has 9 heteroatoms. The van der Waals surface area contributed by atoms with E-state index in [1.54, 1.807) is 20.8 Å². The average Bonchev–Trinajstić information content (AvgIpc) is 2.44. The zero-order valence-electron chi connectivity index (χ0n) is 13.9. The maximum absolute atomic E-state index is 12.0. The van der Waals surface area contributed by atoms with Crippen LogP contribution in [0.2, 0.25) is 5.02 Å². The van der Waals surface area contributed by atoms with E-state index in [9.17, 15) is 14.4 Å². The number of carbonyl (C=O) groups is 3. The summed E-state index contributed by atoms with van der Waals surface area (Å²) in [5.74, 6) is -1.45. The van der Waals surface area contributed by atoms with E-state index in [4.69, 9.17) is 26.8 Å². The summed E-state index contributed by atoms with van der Waals surface area (Å²) in [6.07, 6.45) is 0. The average molecular weight is 358 g/mol. The Morgan fingerprint density at radius 2 is 1.88 bits per heavy atom. The van der Waals surface area contributed by atoms with Crippen molar-refractivity contribution >= 4 is 35.2 Å². The third-order valence-corrected chi connectivity index (χ3v) is 2.94. The predicted molar refractivity (Wildman–Crippen MR) is 89.1 cm³/mol. The van der Waals surface area contributed by atoms with Gasteiger partial charge in [-0.1, -0.05) is 11.6 Å². The molecule has 24 heavy (non-hydrogen) atoms. The number of hydrogen-bond donors (Lipinski definition) is 3. The summed E-state index contributed by atoms with van der Waals surface area (Å²) in [6, 6.07) is 1.97. The minimum atomic E-state index is -0.833. The second-order valence-electron chi connectivity index (χ2n) is 5.90. The maximum atomic E-state index is 12.0. The van der Waals surface area contributed by atoms with Crippen LogP contribution in [-0.4, -0.2) is 37.2 Å². The lowest BCUT2D eigenvalue weighted by molar-refractivity contribution is -0.123. The molecular formula is C15H20ClN3O5. The molecule has 8 nitrogen and oxygen atoms in total. The quantitative estimate of drug-likeness (QED) is 0.557. The normalized spacial score (nSPS) is 10.7. The Morgan fingerprint density at radius 3 is 2.42 bits per heavy atom. The topological polar surface area (TPSA) is 120 Å². The second kappa shape index (κ2) is 7.87. The number of anilines is 1. The first kappa shape index (κ1) is 19.6. The van der Waals surface area contributed by atoms with E-state index in [1.807, 2.05) is 5.32 Å². The molecule has 4 N–H and O–H groups in total. The van der Waals surface area contributed by atoms with Gasteiger partial charge in [0, 0.05) is 11.6 Å². The van der Waals surface area contributed by atoms with E-state index >= 15 is 0 Å². The standard InChI is InChI=1S/C15H20ClN3O5/c1-15(2,3)19-14(22)18-12(20)7-24-13(21)8-5-9(16)10(17)6-11(8)23-4/h5-6H,7,17H2,1-4H3,(H2,18,19,20,22). The smallest absolute Gasteiger partial charge is 0.342 e. The van der Waals surface area contributed by atoms with Gasteiger partial charge in [0.15, 0.2) is 6.61 Å². The van der Waals surface area contributed by atoms with Crippen LogP contribution in [0.3, 0.4) is 0 Å². The molecule has 1 aromatic carbocycles. The number of nitrogens with two attached hydrogens (primary N) is 1. The van der Waals surface area contributed by atoms with Crippen molar-refractivity contribution in [3.05, 3.63) is 22.7 Å². The van der Waals surface area contributed by atoms with Gasteiger partial charge in [-0.05, 0) is 26.8 Å². The first-order valence-electron chi connectivity index (χ1n) is 6.95. The van der Waals surface area contributed by atoms with Crippen LogP contribution in [-0.2, 0) is 9.53 Å². The fourth-order valence-electron chi connectivity index (χ4n) is 1.64. The van der Waals surface area contributed by atoms with Crippen LogP contribution < -0.4 is 21.1 Å². The molecule has 0 saturated heterocycles. The number of hydrogen-bond acceptors (Lipinski definition) is 6. The molecule has 0 radical (unpaired) electrons. The van der Waals surface area contributed by atoms with Gasteiger partial charge >= 0.3 is 12.0 Å². The minimum absolute atomic E-state index is 0.0173. The number of halogens is 1. The number of esters is 1. The van der Waals surface area contributed by atoms with Gasteiger partial charge in [0.1, 0.15) is 11.3 Å². The van der Waals surface area contributed by atoms with Gasteiger partial charge in [0.2, 0.25) is 0 Å². The number of ether oxygens (including phenoxy) is 2. The number of methoxy groups -OCH3 is 1. The number of carbonyl (C=O) groups excluding carboxylic acids is 3. The van der Waals surface area contributed by atoms with Gasteiger partial charge in [-0.15, -0.1) is 0 Å². The van der Waals surface area contributed by atoms with E-state index in [2.05, 4.69) is 5.32 Å². The number of rotatable bonds is 4. The molecule has 0 saturated carbocycles. The largest absolute Gasteiger partial charge is 0.496 e. The first-order chi connectivity index (χ1) is 11.0. The van der Waals surface area contributed by atoms with Crippen LogP contribution in [0.4, 0.5) is 10.5 Å². The lowest BCUT2D eigenvalue weighted by atomic mass is 10.1. The van der Waals surface area contributed by atoms with Crippen molar-refractivity contribution < 1.29 is 23.9 Å². The molecule has 0 fully saturated rings. The van der Waals surface area contributed by atoms with Crippen LogP contribution in [0.25, 0.3) is 0 Å². The van der Waals surface area contributed by atoms with Crippen LogP contribution >= 0.6 is 11.6 Å². The molecule has 0 unspecified atom stereocenters. The van der Waals surface area contributed by atoms with Gasteiger partial charge in [0.25, 0.3) is 5.91 Å². The molecule has 132 valence electrons. The molecule has 0 bridgehead atoms. The molecule has 0 spiro atoms. The SMILES string of the molecule is COc1cc(N)c(Cl)cc1C(=O)OCC(=O)NC(=O)NC(C)(C)C. The lowest BCUT2D eigenvalue weighted by Gasteiger charge is -2.20. The fraction of sp³-hybridized carbons (Fsp3) is 0.400. The number of amides is 3. The summed E-state index contributed by atoms with van der Waals surface area (Å²) in [7, 11) is 1.35. The Kier molecular flexibility index (Phi) is 6.42. The first-order valence-corrected chi connectivity index (χ1v) is 7.33. The van der Waals surface area contributed by atoms with E-state index < -0.39 is 30.1 Å². The molecule has 0 atom stereocenters. The third-order valence-electron chi connectivity index (χ3n) is 2.61. The summed E-state index contributed by atoms with van der Waals surface area (Å²) >= 11 is 5.86. The zero-order valence-corrected chi connectivity index (χ0v) is 14.6. The molecular weight excluding hydrogens is 338 g/mol. The highest BCUT2D eigenvalue weighted by atomic mass is 35.5. The second-order valence-corrected chi connectivity index (χ2v) is 6.31. The number of nitrogens with one attached hydrogen (secondary N) is 2. The summed E-state index contributed by atoms with van der Waals surface area (Å²) in [5, 5.41) is 4.74. The molecule has 0 aliphatic rings. The van der Waals surface area contributed by atoms with E-state index in [0.717, 1.165) is 0 Å². The van der Waals surface area contributed by atoms with Gasteiger partial charge in [0.05, 0.1) is 17.8 Å². The van der Waals surface area contributed by atoms with Crippen molar-refractivity contribution in [2.24, 2.45) is 0 Å². The Morgan fingerprint density at radius 1 is 1.25 bits per heavy atom. The zero-order chi connectivity index (χ0) is 18.5. The van der Waals surface area contributed by atoms with Crippen molar-refractivity contribution in [2.75, 3.05) is 19.5 Å². The van der Waals surface area contributed by atoms with Crippen molar-refractivity contribution in [1.82, 2.24) is 10.6 Å². The molecule has 3 amide bonds. The van der Waals surface area contributed by atoms with E-state index in [-0.39, 0.29) is 22.0 Å². The third kappa shape index (κ3) is 5.96. The molecule has 1 rings (SSSR count). The Balaban J connectivity index is 2.65. The Bertz CT molecular complexity index is 655. The van der Waals surface area contributed by atoms with Gasteiger partial charge in [-0.2, -0.15) is 0 Å². The van der Waals surface area contributed by atoms with Crippen molar-refractivity contribution in [3.8, 4) is 5.75 Å². The molecule has 0 aliphatic carbocycles. The number of urea groups is 1. The summed E-state index contributed by atoms with van der Waals surface area (Å²) in [6.45, 7) is 4.64. The maximum Gasteiger partial charge on any atom is 0.342 e. The lowest BCUT2D eigenvalue weighted by Crippen LogP contribution is -2.49. The summed E-state index contributed by atoms with van der Waals surface area (Å²) in [4.78, 5) is 35.2. The monoisotopic (exact) mass is 357 g/mol. The highest BCUT2D eigenvalue weighted by molar-refractivity contribution is 6.33. The number of nitrogen functional groups attached to an aromatic ring is 1. The molecule has 0 aromatic heterocycles. The summed E-state index contributed by atoms with van der Waals surface area (Å²) in [5.41, 5.74) is 5.37.